The second-order valence-corrected chi connectivity index (χ2v) is 10.9. The molecule has 0 aliphatic heterocycles. The highest BCUT2D eigenvalue weighted by Crippen LogP contribution is 2.29. The first-order chi connectivity index (χ1) is 19.6. The third-order valence-corrected chi connectivity index (χ3v) is 7.79. The van der Waals surface area contributed by atoms with E-state index in [4.69, 9.17) is 14.7 Å². The average Bonchev–Trinajstić information content (AvgIpc) is 3.39. The fraction of sp³-hybridized carbons (Fsp3) is 0.344. The smallest absolute Gasteiger partial charge is 0.225 e. The van der Waals surface area contributed by atoms with Gasteiger partial charge in [-0.1, -0.05) is 42.5 Å². The van der Waals surface area contributed by atoms with E-state index in [1.807, 2.05) is 56.7 Å². The van der Waals surface area contributed by atoms with Gasteiger partial charge < -0.3 is 25.3 Å². The molecule has 1 aliphatic carbocycles. The Kier molecular flexibility index (Phi) is 7.77. The molecule has 3 N–H and O–H groups in total. The average molecular weight is 536 g/mol. The minimum absolute atomic E-state index is 0.405. The summed E-state index contributed by atoms with van der Waals surface area (Å²) in [6.07, 6.45) is 8.56. The van der Waals surface area contributed by atoms with Gasteiger partial charge in [-0.25, -0.2) is 9.97 Å². The molecule has 1 saturated carbocycles. The van der Waals surface area contributed by atoms with Gasteiger partial charge in [0.2, 0.25) is 11.8 Å². The molecule has 1 aliphatic rings. The number of para-hydroxylation sites is 1. The van der Waals surface area contributed by atoms with Crippen LogP contribution in [0.3, 0.4) is 0 Å². The van der Waals surface area contributed by atoms with E-state index in [1.165, 1.54) is 18.4 Å². The van der Waals surface area contributed by atoms with Crippen LogP contribution >= 0.6 is 0 Å². The molecular formula is C32H37N7O. The van der Waals surface area contributed by atoms with Gasteiger partial charge in [0, 0.05) is 49.7 Å². The summed E-state index contributed by atoms with van der Waals surface area (Å²) < 4.78 is 5.95. The summed E-state index contributed by atoms with van der Waals surface area (Å²) in [6.45, 7) is 2.34. The predicted octanol–water partition coefficient (Wildman–Crippen LogP) is 5.91. The number of anilines is 2. The summed E-state index contributed by atoms with van der Waals surface area (Å²) in [4.78, 5) is 19.5. The van der Waals surface area contributed by atoms with Crippen LogP contribution in [-0.4, -0.2) is 46.6 Å². The molecule has 0 unspecified atom stereocenters. The molecule has 1 fully saturated rings. The summed E-state index contributed by atoms with van der Waals surface area (Å²) in [5, 5.41) is 9.56. The Morgan fingerprint density at radius 2 is 1.75 bits per heavy atom. The Balaban J connectivity index is 0.996. The van der Waals surface area contributed by atoms with Crippen molar-refractivity contribution in [3.63, 3.8) is 0 Å². The molecule has 0 amide bonds. The first-order valence-electron chi connectivity index (χ1n) is 14.2. The Morgan fingerprint density at radius 1 is 0.950 bits per heavy atom. The van der Waals surface area contributed by atoms with Crippen molar-refractivity contribution in [1.82, 2.24) is 25.3 Å². The van der Waals surface area contributed by atoms with E-state index in [-0.39, 0.29) is 0 Å². The Hall–Kier alpha value is -4.17. The topological polar surface area (TPSA) is 91.0 Å². The first-order valence-corrected chi connectivity index (χ1v) is 14.2. The highest BCUT2D eigenvalue weighted by molar-refractivity contribution is 5.90. The summed E-state index contributed by atoms with van der Waals surface area (Å²) >= 11 is 0. The van der Waals surface area contributed by atoms with Crippen molar-refractivity contribution < 1.29 is 4.74 Å². The van der Waals surface area contributed by atoms with Crippen LogP contribution in [0.2, 0.25) is 0 Å². The zero-order valence-corrected chi connectivity index (χ0v) is 23.2. The largest absolute Gasteiger partial charge is 0.473 e. The molecule has 8 nitrogen and oxygen atoms in total. The number of benzene rings is 2. The van der Waals surface area contributed by atoms with Gasteiger partial charge in [-0.3, -0.25) is 0 Å². The van der Waals surface area contributed by atoms with Crippen LogP contribution in [0.4, 0.5) is 11.8 Å². The zero-order valence-electron chi connectivity index (χ0n) is 23.2. The number of rotatable bonds is 10. The van der Waals surface area contributed by atoms with E-state index in [2.05, 4.69) is 56.0 Å². The van der Waals surface area contributed by atoms with Gasteiger partial charge in [-0.2, -0.15) is 4.98 Å². The van der Waals surface area contributed by atoms with Gasteiger partial charge in [-0.05, 0) is 61.4 Å². The van der Waals surface area contributed by atoms with Crippen LogP contribution in [0.25, 0.3) is 21.8 Å². The fourth-order valence-corrected chi connectivity index (χ4v) is 5.59. The lowest BCUT2D eigenvalue weighted by Gasteiger charge is -2.29. The zero-order chi connectivity index (χ0) is 27.3. The molecule has 0 atom stereocenters. The minimum atomic E-state index is 0.405. The fourth-order valence-electron chi connectivity index (χ4n) is 5.59. The Labute approximate surface area is 235 Å². The van der Waals surface area contributed by atoms with Crippen molar-refractivity contribution in [1.29, 1.82) is 0 Å². The molecule has 40 heavy (non-hydrogen) atoms. The lowest BCUT2D eigenvalue weighted by molar-refractivity contribution is 0.294. The van der Waals surface area contributed by atoms with Crippen molar-refractivity contribution >= 4 is 33.6 Å². The van der Waals surface area contributed by atoms with Crippen LogP contribution in [0, 0.1) is 5.92 Å². The number of hydrogen-bond acceptors (Lipinski definition) is 7. The van der Waals surface area contributed by atoms with E-state index in [1.54, 1.807) is 0 Å². The molecule has 0 saturated heterocycles. The van der Waals surface area contributed by atoms with Gasteiger partial charge in [0.15, 0.2) is 0 Å². The predicted molar refractivity (Wildman–Crippen MR) is 162 cm³/mol. The van der Waals surface area contributed by atoms with Gasteiger partial charge in [0.1, 0.15) is 12.4 Å². The number of fused-ring (bicyclic) bond motifs is 2. The number of H-pyrrole nitrogens is 1. The normalized spacial score (nSPS) is 17.2. The molecule has 6 rings (SSSR count). The molecule has 0 spiro atoms. The van der Waals surface area contributed by atoms with Crippen LogP contribution < -0.4 is 20.3 Å². The molecule has 0 bridgehead atoms. The highest BCUT2D eigenvalue weighted by Gasteiger charge is 2.22. The van der Waals surface area contributed by atoms with Crippen LogP contribution in [-0.2, 0) is 13.2 Å². The molecule has 2 aromatic carbocycles. The maximum atomic E-state index is 5.95. The van der Waals surface area contributed by atoms with Crippen molar-refractivity contribution in [2.24, 2.45) is 5.92 Å². The molecule has 5 aromatic rings. The quantitative estimate of drug-likeness (QED) is 0.205. The van der Waals surface area contributed by atoms with E-state index in [0.717, 1.165) is 65.1 Å². The van der Waals surface area contributed by atoms with Crippen molar-refractivity contribution in [3.8, 4) is 5.88 Å². The molecule has 0 radical (unpaired) electrons. The lowest BCUT2D eigenvalue weighted by Crippen LogP contribution is -2.31. The summed E-state index contributed by atoms with van der Waals surface area (Å²) in [6, 6.07) is 20.8. The third kappa shape index (κ3) is 6.02. The maximum Gasteiger partial charge on any atom is 0.225 e. The number of aromatic amines is 1. The van der Waals surface area contributed by atoms with E-state index >= 15 is 0 Å². The Bertz CT molecular complexity index is 1560. The van der Waals surface area contributed by atoms with E-state index in [0.29, 0.717) is 24.4 Å². The molecular weight excluding hydrogens is 498 g/mol. The van der Waals surface area contributed by atoms with E-state index < -0.39 is 0 Å². The number of nitrogens with one attached hydrogen (secondary N) is 3. The standard InChI is InChI=1S/C32H37N7O/c1-39(2)31-26-10-6-7-11-28(26)37-32(38-31)36-25-14-12-22(13-15-25)17-33-18-24-19-34-29-20-35-30(16-27(24)29)40-21-23-8-4-3-5-9-23/h3-11,16,19-20,22,25,33-34H,12-15,17-18,21H2,1-2H3,(H,36,37,38)/t22-,25+. The maximum absolute atomic E-state index is 5.95. The summed E-state index contributed by atoms with van der Waals surface area (Å²) in [7, 11) is 4.06. The molecule has 3 aromatic heterocycles. The second kappa shape index (κ2) is 11.9. The number of aromatic nitrogens is 4. The number of hydrogen-bond donors (Lipinski definition) is 3. The SMILES string of the molecule is CN(C)c1nc(N[C@H]2CC[C@@H](CNCc3c[nH]c4cnc(OCc5ccccc5)cc34)CC2)nc2ccccc12. The molecule has 3 heterocycles. The van der Waals surface area contributed by atoms with Gasteiger partial charge in [0.25, 0.3) is 0 Å². The van der Waals surface area contributed by atoms with Crippen LogP contribution in [0.5, 0.6) is 5.88 Å². The number of ether oxygens (including phenoxy) is 1. The highest BCUT2D eigenvalue weighted by atomic mass is 16.5. The first kappa shape index (κ1) is 26.1. The van der Waals surface area contributed by atoms with Crippen LogP contribution in [0.15, 0.2) is 73.1 Å². The summed E-state index contributed by atoms with van der Waals surface area (Å²) in [5.41, 5.74) is 4.38. The van der Waals surface area contributed by atoms with Gasteiger partial charge in [-0.15, -0.1) is 0 Å². The third-order valence-electron chi connectivity index (χ3n) is 7.79. The van der Waals surface area contributed by atoms with Crippen molar-refractivity contribution in [3.05, 3.63) is 84.2 Å². The Morgan fingerprint density at radius 3 is 2.58 bits per heavy atom. The number of pyridine rings is 1. The lowest BCUT2D eigenvalue weighted by atomic mass is 9.86. The van der Waals surface area contributed by atoms with Crippen molar-refractivity contribution in [2.45, 2.75) is 44.9 Å². The van der Waals surface area contributed by atoms with Gasteiger partial charge in [0.05, 0.1) is 17.2 Å². The van der Waals surface area contributed by atoms with Crippen molar-refractivity contribution in [2.75, 3.05) is 30.9 Å². The summed E-state index contributed by atoms with van der Waals surface area (Å²) in [5.74, 6) is 3.00. The van der Waals surface area contributed by atoms with E-state index in [9.17, 15) is 0 Å². The van der Waals surface area contributed by atoms with Gasteiger partial charge >= 0.3 is 0 Å². The second-order valence-electron chi connectivity index (χ2n) is 10.9. The van der Waals surface area contributed by atoms with Crippen LogP contribution in [0.1, 0.15) is 36.8 Å². The monoisotopic (exact) mass is 535 g/mol. The molecule has 8 heteroatoms. The minimum Gasteiger partial charge on any atom is -0.473 e. The number of nitrogens with zero attached hydrogens (tertiary/aromatic N) is 4. The molecule has 206 valence electrons.